The van der Waals surface area contributed by atoms with Gasteiger partial charge in [-0.25, -0.2) is 4.98 Å². The van der Waals surface area contributed by atoms with E-state index in [9.17, 15) is 9.90 Å². The fourth-order valence-corrected chi connectivity index (χ4v) is 2.56. The standard InChI is InChI=1S/C13H23N3O2S/c1-13(2,18)9-16(5)7-10-8-19-11(14-10)6-12(17)15(3)4/h8,18H,6-7,9H2,1-5H3. The van der Waals surface area contributed by atoms with E-state index < -0.39 is 5.60 Å². The van der Waals surface area contributed by atoms with E-state index in [1.54, 1.807) is 32.8 Å². The van der Waals surface area contributed by atoms with Crippen molar-refractivity contribution in [2.45, 2.75) is 32.4 Å². The number of likely N-dealkylation sites (N-methyl/N-ethyl adjacent to an activating group) is 2. The van der Waals surface area contributed by atoms with Crippen LogP contribution in [-0.2, 0) is 17.8 Å². The number of thiazole rings is 1. The molecule has 0 aliphatic carbocycles. The molecule has 0 saturated heterocycles. The SMILES string of the molecule is CN(Cc1csc(CC(=O)N(C)C)n1)CC(C)(C)O. The third-order valence-corrected chi connectivity index (χ3v) is 3.39. The summed E-state index contributed by atoms with van der Waals surface area (Å²) in [6.07, 6.45) is 0.354. The van der Waals surface area contributed by atoms with E-state index in [0.29, 0.717) is 19.5 Å². The molecule has 108 valence electrons. The number of rotatable bonds is 6. The van der Waals surface area contributed by atoms with Crippen LogP contribution in [0.25, 0.3) is 0 Å². The first-order valence-electron chi connectivity index (χ1n) is 6.22. The van der Waals surface area contributed by atoms with Gasteiger partial charge in [-0.3, -0.25) is 9.69 Å². The molecule has 0 bridgehead atoms. The molecule has 0 fully saturated rings. The van der Waals surface area contributed by atoms with Gasteiger partial charge in [-0.15, -0.1) is 11.3 Å². The Kier molecular flexibility index (Phi) is 5.46. The van der Waals surface area contributed by atoms with Gasteiger partial charge in [0.15, 0.2) is 0 Å². The number of hydrogen-bond acceptors (Lipinski definition) is 5. The average Bonchev–Trinajstić information content (AvgIpc) is 2.61. The minimum atomic E-state index is -0.714. The maximum absolute atomic E-state index is 11.6. The molecular weight excluding hydrogens is 262 g/mol. The van der Waals surface area contributed by atoms with Gasteiger partial charge in [0.2, 0.25) is 5.91 Å². The van der Waals surface area contributed by atoms with Crippen molar-refractivity contribution in [3.8, 4) is 0 Å². The van der Waals surface area contributed by atoms with Crippen LogP contribution in [0.15, 0.2) is 5.38 Å². The summed E-state index contributed by atoms with van der Waals surface area (Å²) in [5.74, 6) is 0.0609. The first kappa shape index (κ1) is 16.1. The molecule has 1 rings (SSSR count). The van der Waals surface area contributed by atoms with E-state index in [0.717, 1.165) is 10.7 Å². The molecule has 5 nitrogen and oxygen atoms in total. The number of amides is 1. The van der Waals surface area contributed by atoms with Crippen LogP contribution in [0.3, 0.4) is 0 Å². The second kappa shape index (κ2) is 6.45. The first-order valence-corrected chi connectivity index (χ1v) is 7.10. The summed E-state index contributed by atoms with van der Waals surface area (Å²) in [6.45, 7) is 4.82. The van der Waals surface area contributed by atoms with Gasteiger partial charge in [0.1, 0.15) is 5.01 Å². The zero-order valence-corrected chi connectivity index (χ0v) is 13.1. The monoisotopic (exact) mass is 285 g/mol. The predicted octanol–water partition coefficient (Wildman–Crippen LogP) is 0.977. The smallest absolute Gasteiger partial charge is 0.228 e. The third kappa shape index (κ3) is 6.13. The Labute approximate surface area is 118 Å². The van der Waals surface area contributed by atoms with E-state index in [-0.39, 0.29) is 5.91 Å². The lowest BCUT2D eigenvalue weighted by Crippen LogP contribution is -2.35. The van der Waals surface area contributed by atoms with E-state index in [1.165, 1.54) is 11.3 Å². The summed E-state index contributed by atoms with van der Waals surface area (Å²) in [6, 6.07) is 0. The average molecular weight is 285 g/mol. The Balaban J connectivity index is 2.53. The first-order chi connectivity index (χ1) is 8.67. The number of nitrogens with zero attached hydrogens (tertiary/aromatic N) is 3. The highest BCUT2D eigenvalue weighted by atomic mass is 32.1. The summed E-state index contributed by atoms with van der Waals surface area (Å²) < 4.78 is 0. The molecule has 1 heterocycles. The maximum Gasteiger partial charge on any atom is 0.228 e. The summed E-state index contributed by atoms with van der Waals surface area (Å²) in [4.78, 5) is 19.6. The highest BCUT2D eigenvalue weighted by Gasteiger charge is 2.17. The van der Waals surface area contributed by atoms with Crippen LogP contribution in [0, 0.1) is 0 Å². The molecule has 1 N–H and O–H groups in total. The zero-order chi connectivity index (χ0) is 14.6. The Bertz CT molecular complexity index is 424. The molecular formula is C13H23N3O2S. The highest BCUT2D eigenvalue weighted by Crippen LogP contribution is 2.14. The normalized spacial score (nSPS) is 11.9. The second-order valence-electron chi connectivity index (χ2n) is 5.68. The molecule has 0 saturated carbocycles. The number of carbonyl (C=O) groups is 1. The molecule has 6 heteroatoms. The lowest BCUT2D eigenvalue weighted by molar-refractivity contribution is -0.127. The zero-order valence-electron chi connectivity index (χ0n) is 12.3. The fourth-order valence-electron chi connectivity index (χ4n) is 1.78. The van der Waals surface area contributed by atoms with E-state index in [2.05, 4.69) is 4.98 Å². The van der Waals surface area contributed by atoms with Crippen molar-refractivity contribution < 1.29 is 9.90 Å². The van der Waals surface area contributed by atoms with Crippen LogP contribution in [0.4, 0.5) is 0 Å². The third-order valence-electron chi connectivity index (χ3n) is 2.49. The van der Waals surface area contributed by atoms with Crippen LogP contribution >= 0.6 is 11.3 Å². The van der Waals surface area contributed by atoms with Crippen LogP contribution < -0.4 is 0 Å². The Morgan fingerprint density at radius 2 is 2.05 bits per heavy atom. The van der Waals surface area contributed by atoms with E-state index in [4.69, 9.17) is 0 Å². The molecule has 1 aromatic rings. The summed E-state index contributed by atoms with van der Waals surface area (Å²) in [5, 5.41) is 12.6. The Hall–Kier alpha value is -0.980. The van der Waals surface area contributed by atoms with Gasteiger partial charge in [-0.05, 0) is 20.9 Å². The number of carbonyl (C=O) groups excluding carboxylic acids is 1. The van der Waals surface area contributed by atoms with Crippen molar-refractivity contribution in [1.29, 1.82) is 0 Å². The van der Waals surface area contributed by atoms with Gasteiger partial charge in [0, 0.05) is 32.6 Å². The molecule has 0 unspecified atom stereocenters. The van der Waals surface area contributed by atoms with E-state index >= 15 is 0 Å². The van der Waals surface area contributed by atoms with E-state index in [1.807, 2.05) is 17.3 Å². The summed E-state index contributed by atoms with van der Waals surface area (Å²) in [5.41, 5.74) is 0.229. The van der Waals surface area contributed by atoms with Gasteiger partial charge in [-0.2, -0.15) is 0 Å². The van der Waals surface area contributed by atoms with Crippen LogP contribution in [0.1, 0.15) is 24.5 Å². The molecule has 0 atom stereocenters. The molecule has 19 heavy (non-hydrogen) atoms. The van der Waals surface area contributed by atoms with Crippen molar-refractivity contribution >= 4 is 17.2 Å². The number of aromatic nitrogens is 1. The lowest BCUT2D eigenvalue weighted by Gasteiger charge is -2.24. The molecule has 1 aromatic heterocycles. The van der Waals surface area contributed by atoms with Crippen LogP contribution in [0.5, 0.6) is 0 Å². The molecule has 1 amide bonds. The molecule has 0 radical (unpaired) electrons. The van der Waals surface area contributed by atoms with Crippen molar-refractivity contribution in [1.82, 2.24) is 14.8 Å². The molecule has 0 aliphatic heterocycles. The summed E-state index contributed by atoms with van der Waals surface area (Å²) in [7, 11) is 5.43. The van der Waals surface area contributed by atoms with Crippen molar-refractivity contribution in [3.05, 3.63) is 16.1 Å². The van der Waals surface area contributed by atoms with Crippen molar-refractivity contribution in [3.63, 3.8) is 0 Å². The van der Waals surface area contributed by atoms with Crippen LogP contribution in [-0.4, -0.2) is 59.1 Å². The van der Waals surface area contributed by atoms with Gasteiger partial charge in [-0.1, -0.05) is 0 Å². The van der Waals surface area contributed by atoms with Gasteiger partial charge in [0.05, 0.1) is 17.7 Å². The number of hydrogen-bond donors (Lipinski definition) is 1. The quantitative estimate of drug-likeness (QED) is 0.846. The maximum atomic E-state index is 11.6. The largest absolute Gasteiger partial charge is 0.389 e. The van der Waals surface area contributed by atoms with Crippen LogP contribution in [0.2, 0.25) is 0 Å². The predicted molar refractivity (Wildman–Crippen MR) is 77.1 cm³/mol. The molecule has 0 aliphatic rings. The lowest BCUT2D eigenvalue weighted by atomic mass is 10.1. The molecule has 0 spiro atoms. The Morgan fingerprint density at radius 1 is 1.42 bits per heavy atom. The van der Waals surface area contributed by atoms with Gasteiger partial charge in [0.25, 0.3) is 0 Å². The molecule has 0 aromatic carbocycles. The number of aliphatic hydroxyl groups is 1. The van der Waals surface area contributed by atoms with Crippen molar-refractivity contribution in [2.75, 3.05) is 27.7 Å². The van der Waals surface area contributed by atoms with Gasteiger partial charge >= 0.3 is 0 Å². The second-order valence-corrected chi connectivity index (χ2v) is 6.62. The topological polar surface area (TPSA) is 56.7 Å². The summed E-state index contributed by atoms with van der Waals surface area (Å²) >= 11 is 1.51. The minimum Gasteiger partial charge on any atom is -0.389 e. The fraction of sp³-hybridized carbons (Fsp3) is 0.692. The minimum absolute atomic E-state index is 0.0609. The Morgan fingerprint density at radius 3 is 2.58 bits per heavy atom. The van der Waals surface area contributed by atoms with Gasteiger partial charge < -0.3 is 10.0 Å². The van der Waals surface area contributed by atoms with Crippen molar-refractivity contribution in [2.24, 2.45) is 0 Å². The highest BCUT2D eigenvalue weighted by molar-refractivity contribution is 7.09.